The van der Waals surface area contributed by atoms with Crippen LogP contribution in [0.1, 0.15) is 51.5 Å². The standard InChI is InChI=1S/C16H27NS/c1-4-6-7-8-15(5-2)17-13-14-9-11-16(18-3)12-10-14/h9-12,15,17H,4-8,13H2,1-3H3. The van der Waals surface area contributed by atoms with Gasteiger partial charge in [0.15, 0.2) is 0 Å². The molecule has 0 bridgehead atoms. The Hall–Kier alpha value is -0.470. The topological polar surface area (TPSA) is 12.0 Å². The van der Waals surface area contributed by atoms with Crippen molar-refractivity contribution in [1.29, 1.82) is 0 Å². The van der Waals surface area contributed by atoms with E-state index < -0.39 is 0 Å². The minimum Gasteiger partial charge on any atom is -0.310 e. The van der Waals surface area contributed by atoms with Crippen LogP contribution in [-0.2, 0) is 6.54 Å². The number of nitrogens with one attached hydrogen (secondary N) is 1. The summed E-state index contributed by atoms with van der Waals surface area (Å²) in [5, 5.41) is 3.68. The van der Waals surface area contributed by atoms with E-state index in [1.807, 2.05) is 0 Å². The minimum atomic E-state index is 0.678. The van der Waals surface area contributed by atoms with E-state index in [9.17, 15) is 0 Å². The van der Waals surface area contributed by atoms with Crippen LogP contribution in [0.15, 0.2) is 29.2 Å². The van der Waals surface area contributed by atoms with Crippen LogP contribution in [0.25, 0.3) is 0 Å². The number of unbranched alkanes of at least 4 members (excludes halogenated alkanes) is 2. The Morgan fingerprint density at radius 3 is 2.39 bits per heavy atom. The molecule has 1 unspecified atom stereocenters. The van der Waals surface area contributed by atoms with Gasteiger partial charge in [0, 0.05) is 17.5 Å². The third kappa shape index (κ3) is 5.92. The Labute approximate surface area is 117 Å². The highest BCUT2D eigenvalue weighted by Gasteiger charge is 2.05. The first kappa shape index (κ1) is 15.6. The molecule has 0 aromatic heterocycles. The minimum absolute atomic E-state index is 0.678. The van der Waals surface area contributed by atoms with E-state index in [0.717, 1.165) is 6.54 Å². The second kappa shape index (κ2) is 9.46. The van der Waals surface area contributed by atoms with Crippen LogP contribution in [0.3, 0.4) is 0 Å². The van der Waals surface area contributed by atoms with Crippen LogP contribution in [0.4, 0.5) is 0 Å². The third-order valence-electron chi connectivity index (χ3n) is 3.40. The van der Waals surface area contributed by atoms with Crippen LogP contribution in [-0.4, -0.2) is 12.3 Å². The van der Waals surface area contributed by atoms with Crippen molar-refractivity contribution in [2.24, 2.45) is 0 Å². The van der Waals surface area contributed by atoms with Gasteiger partial charge < -0.3 is 5.32 Å². The van der Waals surface area contributed by atoms with Gasteiger partial charge in [-0.2, -0.15) is 0 Å². The van der Waals surface area contributed by atoms with Crippen molar-refractivity contribution in [1.82, 2.24) is 5.32 Å². The van der Waals surface area contributed by atoms with Crippen molar-refractivity contribution in [3.63, 3.8) is 0 Å². The van der Waals surface area contributed by atoms with Crippen LogP contribution >= 0.6 is 11.8 Å². The monoisotopic (exact) mass is 265 g/mol. The van der Waals surface area contributed by atoms with Crippen molar-refractivity contribution in [2.45, 2.75) is 63.4 Å². The summed E-state index contributed by atoms with van der Waals surface area (Å²) >= 11 is 1.80. The fraction of sp³-hybridized carbons (Fsp3) is 0.625. The molecular formula is C16H27NS. The summed E-state index contributed by atoms with van der Waals surface area (Å²) in [6, 6.07) is 9.56. The number of benzene rings is 1. The molecule has 1 nitrogen and oxygen atoms in total. The van der Waals surface area contributed by atoms with Gasteiger partial charge in [-0.25, -0.2) is 0 Å². The molecule has 1 atom stereocenters. The maximum absolute atomic E-state index is 3.68. The van der Waals surface area contributed by atoms with E-state index in [-0.39, 0.29) is 0 Å². The molecule has 1 aromatic rings. The van der Waals surface area contributed by atoms with Crippen molar-refractivity contribution in [3.05, 3.63) is 29.8 Å². The molecule has 18 heavy (non-hydrogen) atoms. The quantitative estimate of drug-likeness (QED) is 0.505. The lowest BCUT2D eigenvalue weighted by Crippen LogP contribution is -2.27. The zero-order valence-electron chi connectivity index (χ0n) is 12.0. The molecule has 0 fully saturated rings. The second-order valence-electron chi connectivity index (χ2n) is 4.83. The molecule has 1 aromatic carbocycles. The lowest BCUT2D eigenvalue weighted by molar-refractivity contribution is 0.446. The first-order valence-electron chi connectivity index (χ1n) is 7.16. The largest absolute Gasteiger partial charge is 0.310 e. The Morgan fingerprint density at radius 1 is 1.11 bits per heavy atom. The second-order valence-corrected chi connectivity index (χ2v) is 5.71. The van der Waals surface area contributed by atoms with E-state index in [2.05, 4.69) is 49.7 Å². The Bertz CT molecular complexity index is 307. The van der Waals surface area contributed by atoms with Gasteiger partial charge in [-0.15, -0.1) is 11.8 Å². The Kier molecular flexibility index (Phi) is 8.19. The SMILES string of the molecule is CCCCCC(CC)NCc1ccc(SC)cc1. The first-order valence-corrected chi connectivity index (χ1v) is 8.38. The van der Waals surface area contributed by atoms with Crippen LogP contribution in [0, 0.1) is 0 Å². The van der Waals surface area contributed by atoms with Gasteiger partial charge in [0.05, 0.1) is 0 Å². The molecule has 0 aliphatic carbocycles. The fourth-order valence-corrected chi connectivity index (χ4v) is 2.51. The average Bonchev–Trinajstić information content (AvgIpc) is 2.43. The van der Waals surface area contributed by atoms with Crippen molar-refractivity contribution in [2.75, 3.05) is 6.26 Å². The van der Waals surface area contributed by atoms with Gasteiger partial charge in [0.25, 0.3) is 0 Å². The summed E-state index contributed by atoms with van der Waals surface area (Å²) in [5.41, 5.74) is 1.39. The van der Waals surface area contributed by atoms with Crippen LogP contribution in [0.2, 0.25) is 0 Å². The number of hydrogen-bond donors (Lipinski definition) is 1. The highest BCUT2D eigenvalue weighted by Crippen LogP contribution is 2.15. The molecule has 2 heteroatoms. The molecule has 0 saturated heterocycles. The first-order chi connectivity index (χ1) is 8.80. The summed E-state index contributed by atoms with van der Waals surface area (Å²) in [4.78, 5) is 1.34. The van der Waals surface area contributed by atoms with Gasteiger partial charge in [-0.05, 0) is 36.8 Å². The molecule has 0 amide bonds. The maximum Gasteiger partial charge on any atom is 0.0208 e. The lowest BCUT2D eigenvalue weighted by Gasteiger charge is -2.17. The summed E-state index contributed by atoms with van der Waals surface area (Å²) < 4.78 is 0. The van der Waals surface area contributed by atoms with Gasteiger partial charge in [0.2, 0.25) is 0 Å². The van der Waals surface area contributed by atoms with Crippen molar-refractivity contribution in [3.8, 4) is 0 Å². The predicted molar refractivity (Wildman–Crippen MR) is 83.3 cm³/mol. The zero-order chi connectivity index (χ0) is 13.2. The molecule has 0 aliphatic rings. The van der Waals surface area contributed by atoms with Gasteiger partial charge in [-0.3, -0.25) is 0 Å². The van der Waals surface area contributed by atoms with Crippen molar-refractivity contribution >= 4 is 11.8 Å². The van der Waals surface area contributed by atoms with Gasteiger partial charge in [0.1, 0.15) is 0 Å². The van der Waals surface area contributed by atoms with E-state index in [1.165, 1.54) is 42.6 Å². The van der Waals surface area contributed by atoms with E-state index in [1.54, 1.807) is 11.8 Å². The van der Waals surface area contributed by atoms with Crippen LogP contribution < -0.4 is 5.32 Å². The highest BCUT2D eigenvalue weighted by molar-refractivity contribution is 7.98. The van der Waals surface area contributed by atoms with E-state index in [4.69, 9.17) is 0 Å². The number of hydrogen-bond acceptors (Lipinski definition) is 2. The van der Waals surface area contributed by atoms with E-state index >= 15 is 0 Å². The molecule has 0 heterocycles. The number of rotatable bonds is 9. The molecule has 1 rings (SSSR count). The molecule has 102 valence electrons. The normalized spacial score (nSPS) is 12.6. The smallest absolute Gasteiger partial charge is 0.0208 e. The highest BCUT2D eigenvalue weighted by atomic mass is 32.2. The average molecular weight is 265 g/mol. The molecule has 0 aliphatic heterocycles. The molecule has 0 radical (unpaired) electrons. The van der Waals surface area contributed by atoms with Crippen LogP contribution in [0.5, 0.6) is 0 Å². The summed E-state index contributed by atoms with van der Waals surface area (Å²) in [7, 11) is 0. The molecule has 1 N–H and O–H groups in total. The molecule has 0 saturated carbocycles. The maximum atomic E-state index is 3.68. The van der Waals surface area contributed by atoms with Crippen molar-refractivity contribution < 1.29 is 0 Å². The summed E-state index contributed by atoms with van der Waals surface area (Å²) in [5.74, 6) is 0. The Balaban J connectivity index is 2.32. The van der Waals surface area contributed by atoms with Gasteiger partial charge >= 0.3 is 0 Å². The zero-order valence-corrected chi connectivity index (χ0v) is 12.9. The van der Waals surface area contributed by atoms with Gasteiger partial charge in [-0.1, -0.05) is 45.2 Å². The third-order valence-corrected chi connectivity index (χ3v) is 4.15. The molecular weight excluding hydrogens is 238 g/mol. The molecule has 0 spiro atoms. The lowest BCUT2D eigenvalue weighted by atomic mass is 10.1. The summed E-state index contributed by atoms with van der Waals surface area (Å²) in [6.07, 6.45) is 8.69. The fourth-order valence-electron chi connectivity index (χ4n) is 2.10. The summed E-state index contributed by atoms with van der Waals surface area (Å²) in [6.45, 7) is 5.54. The number of thioether (sulfide) groups is 1. The van der Waals surface area contributed by atoms with E-state index in [0.29, 0.717) is 6.04 Å². The Morgan fingerprint density at radius 2 is 1.83 bits per heavy atom. The predicted octanol–water partition coefficient (Wildman–Crippen LogP) is 4.86.